The van der Waals surface area contributed by atoms with Crippen LogP contribution in [-0.4, -0.2) is 24.0 Å². The van der Waals surface area contributed by atoms with E-state index in [0.29, 0.717) is 5.69 Å². The van der Waals surface area contributed by atoms with E-state index < -0.39 is 12.1 Å². The van der Waals surface area contributed by atoms with E-state index in [-0.39, 0.29) is 22.9 Å². The van der Waals surface area contributed by atoms with Crippen molar-refractivity contribution in [3.05, 3.63) is 24.1 Å². The monoisotopic (exact) mass is 313 g/mol. The predicted molar refractivity (Wildman–Crippen MR) is 73.2 cm³/mol. The van der Waals surface area contributed by atoms with Crippen molar-refractivity contribution in [3.8, 4) is 0 Å². The van der Waals surface area contributed by atoms with Gasteiger partial charge >= 0.3 is 12.1 Å². The maximum atomic E-state index is 12.5. The van der Waals surface area contributed by atoms with Gasteiger partial charge in [0, 0.05) is 11.6 Å². The van der Waals surface area contributed by atoms with Crippen LogP contribution in [0.25, 0.3) is 11.1 Å². The highest BCUT2D eigenvalue weighted by molar-refractivity contribution is 5.94. The highest BCUT2D eigenvalue weighted by Gasteiger charge is 2.37. The molecule has 1 fully saturated rings. The number of rotatable bonds is 2. The molecule has 0 spiro atoms. The van der Waals surface area contributed by atoms with Crippen LogP contribution < -0.4 is 10.6 Å². The molecule has 0 unspecified atom stereocenters. The maximum Gasteiger partial charge on any atom is 0.468 e. The number of hydrogen-bond acceptors (Lipinski definition) is 4. The Morgan fingerprint density at radius 1 is 1.32 bits per heavy atom. The van der Waals surface area contributed by atoms with Crippen molar-refractivity contribution in [1.82, 2.24) is 10.3 Å². The largest absolute Gasteiger partial charge is 0.468 e. The van der Waals surface area contributed by atoms with Crippen molar-refractivity contribution in [3.63, 3.8) is 0 Å². The SMILES string of the molecule is O=C(Nc1ccc2oc(C(F)(F)F)nc2c1)C1CCNCC1. The molecule has 2 heterocycles. The Kier molecular flexibility index (Phi) is 3.78. The number of nitrogens with zero attached hydrogens (tertiary/aromatic N) is 1. The first kappa shape index (κ1) is 14.8. The number of nitrogens with one attached hydrogen (secondary N) is 2. The van der Waals surface area contributed by atoms with Crippen LogP contribution >= 0.6 is 0 Å². The lowest BCUT2D eigenvalue weighted by atomic mass is 9.97. The average molecular weight is 313 g/mol. The second kappa shape index (κ2) is 5.60. The molecule has 1 amide bonds. The Labute approximate surface area is 123 Å². The van der Waals surface area contributed by atoms with E-state index in [4.69, 9.17) is 0 Å². The summed E-state index contributed by atoms with van der Waals surface area (Å²) >= 11 is 0. The molecule has 0 bridgehead atoms. The molecule has 0 atom stereocenters. The van der Waals surface area contributed by atoms with Gasteiger partial charge in [-0.1, -0.05) is 0 Å². The van der Waals surface area contributed by atoms with E-state index in [1.807, 2.05) is 0 Å². The third-order valence-electron chi connectivity index (χ3n) is 3.61. The zero-order valence-electron chi connectivity index (χ0n) is 11.5. The summed E-state index contributed by atoms with van der Waals surface area (Å²) in [6.07, 6.45) is -3.13. The number of hydrogen-bond donors (Lipinski definition) is 2. The third-order valence-corrected chi connectivity index (χ3v) is 3.61. The van der Waals surface area contributed by atoms with Crippen molar-refractivity contribution in [2.75, 3.05) is 18.4 Å². The molecule has 0 radical (unpaired) electrons. The Morgan fingerprint density at radius 3 is 2.73 bits per heavy atom. The van der Waals surface area contributed by atoms with Gasteiger partial charge in [0.1, 0.15) is 5.52 Å². The first-order valence-electron chi connectivity index (χ1n) is 6.93. The first-order chi connectivity index (χ1) is 10.4. The van der Waals surface area contributed by atoms with Crippen molar-refractivity contribution >= 4 is 22.7 Å². The van der Waals surface area contributed by atoms with Gasteiger partial charge in [-0.25, -0.2) is 4.98 Å². The van der Waals surface area contributed by atoms with E-state index in [2.05, 4.69) is 20.0 Å². The molecule has 0 saturated carbocycles. The molecule has 1 aliphatic rings. The molecule has 22 heavy (non-hydrogen) atoms. The minimum absolute atomic E-state index is 0.0344. The summed E-state index contributed by atoms with van der Waals surface area (Å²) in [6, 6.07) is 4.26. The van der Waals surface area contributed by atoms with Crippen molar-refractivity contribution in [2.24, 2.45) is 5.92 Å². The van der Waals surface area contributed by atoms with Crippen LogP contribution in [0.15, 0.2) is 22.6 Å². The molecule has 118 valence electrons. The summed E-state index contributed by atoms with van der Waals surface area (Å²) in [5, 5.41) is 5.89. The smallest absolute Gasteiger partial charge is 0.433 e. The van der Waals surface area contributed by atoms with Crippen LogP contribution in [0.2, 0.25) is 0 Å². The van der Waals surface area contributed by atoms with E-state index in [9.17, 15) is 18.0 Å². The number of oxazole rings is 1. The summed E-state index contributed by atoms with van der Waals surface area (Å²) in [7, 11) is 0. The summed E-state index contributed by atoms with van der Waals surface area (Å²) in [5.74, 6) is -1.50. The van der Waals surface area contributed by atoms with E-state index in [1.54, 1.807) is 0 Å². The Balaban J connectivity index is 1.78. The maximum absolute atomic E-state index is 12.5. The van der Waals surface area contributed by atoms with Gasteiger partial charge < -0.3 is 15.1 Å². The highest BCUT2D eigenvalue weighted by Crippen LogP contribution is 2.32. The normalized spacial score (nSPS) is 16.9. The van der Waals surface area contributed by atoms with Gasteiger partial charge in [0.25, 0.3) is 0 Å². The average Bonchev–Trinajstić information content (AvgIpc) is 2.91. The van der Waals surface area contributed by atoms with Gasteiger partial charge in [-0.2, -0.15) is 13.2 Å². The standard InChI is InChI=1S/C14H14F3N3O2/c15-14(16,17)13-20-10-7-9(1-2-11(10)22-13)19-12(21)8-3-5-18-6-4-8/h1-2,7-8,18H,3-6H2,(H,19,21). The summed E-state index contributed by atoms with van der Waals surface area (Å²) in [5.41, 5.74) is 0.515. The lowest BCUT2D eigenvalue weighted by Gasteiger charge is -2.21. The van der Waals surface area contributed by atoms with Crippen molar-refractivity contribution in [2.45, 2.75) is 19.0 Å². The molecule has 2 aromatic rings. The van der Waals surface area contributed by atoms with Gasteiger partial charge in [0.15, 0.2) is 5.58 Å². The molecule has 1 aliphatic heterocycles. The van der Waals surface area contributed by atoms with E-state index in [0.717, 1.165) is 25.9 Å². The van der Waals surface area contributed by atoms with Gasteiger partial charge in [0.2, 0.25) is 5.91 Å². The van der Waals surface area contributed by atoms with Gasteiger partial charge in [0.05, 0.1) is 0 Å². The first-order valence-corrected chi connectivity index (χ1v) is 6.93. The van der Waals surface area contributed by atoms with Gasteiger partial charge in [-0.05, 0) is 44.1 Å². The van der Waals surface area contributed by atoms with Crippen LogP contribution in [0.4, 0.5) is 18.9 Å². The number of benzene rings is 1. The number of amides is 1. The Bertz CT molecular complexity index is 690. The highest BCUT2D eigenvalue weighted by atomic mass is 19.4. The summed E-state index contributed by atoms with van der Waals surface area (Å²) < 4.78 is 42.3. The molecule has 1 aromatic heterocycles. The number of alkyl halides is 3. The molecule has 1 aromatic carbocycles. The number of carbonyl (C=O) groups is 1. The number of anilines is 1. The number of aromatic nitrogens is 1. The number of carbonyl (C=O) groups excluding carboxylic acids is 1. The molecule has 5 nitrogen and oxygen atoms in total. The van der Waals surface area contributed by atoms with Crippen LogP contribution in [0.1, 0.15) is 18.7 Å². The van der Waals surface area contributed by atoms with Gasteiger partial charge in [-0.15, -0.1) is 0 Å². The Morgan fingerprint density at radius 2 is 2.05 bits per heavy atom. The van der Waals surface area contributed by atoms with Crippen LogP contribution in [0.5, 0.6) is 0 Å². The van der Waals surface area contributed by atoms with Crippen LogP contribution in [-0.2, 0) is 11.0 Å². The summed E-state index contributed by atoms with van der Waals surface area (Å²) in [4.78, 5) is 15.5. The summed E-state index contributed by atoms with van der Waals surface area (Å²) in [6.45, 7) is 1.57. The lowest BCUT2D eigenvalue weighted by molar-refractivity contribution is -0.156. The minimum Gasteiger partial charge on any atom is -0.433 e. The lowest BCUT2D eigenvalue weighted by Crippen LogP contribution is -2.34. The molecule has 1 saturated heterocycles. The second-order valence-corrected chi connectivity index (χ2v) is 5.21. The molecular weight excluding hydrogens is 299 g/mol. The fourth-order valence-corrected chi connectivity index (χ4v) is 2.45. The van der Waals surface area contributed by atoms with Crippen LogP contribution in [0, 0.1) is 5.92 Å². The fraction of sp³-hybridized carbons (Fsp3) is 0.429. The zero-order chi connectivity index (χ0) is 15.7. The molecule has 8 heteroatoms. The molecule has 2 N–H and O–H groups in total. The quantitative estimate of drug-likeness (QED) is 0.894. The number of fused-ring (bicyclic) bond motifs is 1. The number of halogens is 3. The minimum atomic E-state index is -4.63. The predicted octanol–water partition coefficient (Wildman–Crippen LogP) is 2.78. The zero-order valence-corrected chi connectivity index (χ0v) is 11.5. The van der Waals surface area contributed by atoms with Gasteiger partial charge in [-0.3, -0.25) is 4.79 Å². The molecular formula is C14H14F3N3O2. The van der Waals surface area contributed by atoms with Crippen molar-refractivity contribution < 1.29 is 22.4 Å². The fourth-order valence-electron chi connectivity index (χ4n) is 2.45. The van der Waals surface area contributed by atoms with E-state index >= 15 is 0 Å². The topological polar surface area (TPSA) is 67.2 Å². The number of piperidine rings is 1. The van der Waals surface area contributed by atoms with Crippen molar-refractivity contribution in [1.29, 1.82) is 0 Å². The Hall–Kier alpha value is -2.09. The molecule has 3 rings (SSSR count). The second-order valence-electron chi connectivity index (χ2n) is 5.21. The third kappa shape index (κ3) is 3.06. The van der Waals surface area contributed by atoms with Crippen LogP contribution in [0.3, 0.4) is 0 Å². The molecule has 0 aliphatic carbocycles. The van der Waals surface area contributed by atoms with E-state index in [1.165, 1.54) is 18.2 Å².